The van der Waals surface area contributed by atoms with Crippen LogP contribution < -0.4 is 5.32 Å². The molecular formula is C20H30N2O3S. The van der Waals surface area contributed by atoms with Crippen LogP contribution in [-0.2, 0) is 16.8 Å². The van der Waals surface area contributed by atoms with Gasteiger partial charge in [0.2, 0.25) is 0 Å². The highest BCUT2D eigenvalue weighted by Crippen LogP contribution is 2.46. The van der Waals surface area contributed by atoms with Crippen molar-refractivity contribution in [2.75, 3.05) is 32.8 Å². The van der Waals surface area contributed by atoms with Crippen LogP contribution in [0.3, 0.4) is 0 Å². The topological polar surface area (TPSA) is 61.8 Å². The predicted octanol–water partition coefficient (Wildman–Crippen LogP) is 2.67. The van der Waals surface area contributed by atoms with Crippen molar-refractivity contribution in [2.24, 2.45) is 0 Å². The third-order valence-corrected chi connectivity index (χ3v) is 7.63. The van der Waals surface area contributed by atoms with E-state index in [1.165, 1.54) is 36.1 Å². The molecule has 0 radical (unpaired) electrons. The summed E-state index contributed by atoms with van der Waals surface area (Å²) in [6.07, 6.45) is 9.07. The quantitative estimate of drug-likeness (QED) is 0.774. The minimum absolute atomic E-state index is 0.0172. The van der Waals surface area contributed by atoms with Gasteiger partial charge in [-0.1, -0.05) is 12.8 Å². The molecule has 5 nitrogen and oxygen atoms in total. The number of carbonyl (C=O) groups excluding carboxylic acids is 1. The maximum atomic E-state index is 12.4. The number of nitrogens with one attached hydrogen (secondary N) is 1. The summed E-state index contributed by atoms with van der Waals surface area (Å²) in [4.78, 5) is 17.2. The Bertz CT molecular complexity index is 631. The fourth-order valence-electron chi connectivity index (χ4n) is 4.79. The van der Waals surface area contributed by atoms with Gasteiger partial charge in [-0.3, -0.25) is 4.79 Å². The lowest BCUT2D eigenvalue weighted by Gasteiger charge is -2.45. The highest BCUT2D eigenvalue weighted by Gasteiger charge is 2.43. The van der Waals surface area contributed by atoms with Gasteiger partial charge in [0.15, 0.2) is 0 Å². The molecular weight excluding hydrogens is 348 g/mol. The monoisotopic (exact) mass is 378 g/mol. The molecule has 26 heavy (non-hydrogen) atoms. The van der Waals surface area contributed by atoms with Crippen LogP contribution >= 0.6 is 11.3 Å². The third kappa shape index (κ3) is 3.57. The van der Waals surface area contributed by atoms with Crippen LogP contribution in [0.2, 0.25) is 0 Å². The highest BCUT2D eigenvalue weighted by molar-refractivity contribution is 7.14. The average Bonchev–Trinajstić information content (AvgIpc) is 3.33. The first-order valence-electron chi connectivity index (χ1n) is 10.1. The Morgan fingerprint density at radius 2 is 2.12 bits per heavy atom. The molecule has 3 aliphatic rings. The number of aliphatic hydroxyl groups is 1. The molecule has 1 aliphatic carbocycles. The number of fused-ring (bicyclic) bond motifs is 2. The van der Waals surface area contributed by atoms with E-state index in [0.29, 0.717) is 13.0 Å². The maximum Gasteiger partial charge on any atom is 0.261 e. The van der Waals surface area contributed by atoms with Crippen LogP contribution in [0.15, 0.2) is 6.07 Å². The van der Waals surface area contributed by atoms with E-state index in [1.807, 2.05) is 0 Å². The van der Waals surface area contributed by atoms with Crippen molar-refractivity contribution >= 4 is 17.2 Å². The van der Waals surface area contributed by atoms with Gasteiger partial charge >= 0.3 is 0 Å². The van der Waals surface area contributed by atoms with Crippen LogP contribution in [0.5, 0.6) is 0 Å². The fourth-order valence-corrected chi connectivity index (χ4v) is 6.12. The van der Waals surface area contributed by atoms with Gasteiger partial charge in [0, 0.05) is 37.2 Å². The third-order valence-electron chi connectivity index (χ3n) is 6.26. The summed E-state index contributed by atoms with van der Waals surface area (Å²) < 4.78 is 6.35. The van der Waals surface area contributed by atoms with Crippen LogP contribution in [0.1, 0.15) is 65.1 Å². The molecule has 4 rings (SSSR count). The number of hydrogen-bond acceptors (Lipinski definition) is 5. The van der Waals surface area contributed by atoms with Crippen LogP contribution in [0.25, 0.3) is 0 Å². The van der Waals surface area contributed by atoms with Crippen molar-refractivity contribution in [3.05, 3.63) is 21.4 Å². The van der Waals surface area contributed by atoms with E-state index in [-0.39, 0.29) is 18.1 Å². The van der Waals surface area contributed by atoms with Crippen molar-refractivity contribution in [2.45, 2.75) is 63.0 Å². The molecule has 2 fully saturated rings. The second kappa shape index (κ2) is 7.97. The first-order chi connectivity index (χ1) is 12.7. The van der Waals surface area contributed by atoms with E-state index in [2.05, 4.69) is 16.3 Å². The first kappa shape index (κ1) is 18.4. The summed E-state index contributed by atoms with van der Waals surface area (Å²) in [5.74, 6) is -0.0172. The molecule has 3 heterocycles. The van der Waals surface area contributed by atoms with Gasteiger partial charge < -0.3 is 20.1 Å². The minimum Gasteiger partial charge on any atom is -0.396 e. The number of rotatable bonds is 5. The Hall–Kier alpha value is -0.950. The van der Waals surface area contributed by atoms with E-state index in [4.69, 9.17) is 9.84 Å². The second-order valence-corrected chi connectivity index (χ2v) is 8.92. The Labute approximate surface area is 159 Å². The standard InChI is InChI=1S/C20H30N2O3S/c23-12-3-9-21-19(24)17-14-15-6-13-25-20(18(15)26-17)7-10-22(11-8-20)16-4-1-2-5-16/h14,16,23H,1-13H2,(H,21,24). The molecule has 2 aliphatic heterocycles. The molecule has 1 amide bonds. The fraction of sp³-hybridized carbons (Fsp3) is 0.750. The SMILES string of the molecule is O=C(NCCCO)c1cc2c(s1)C1(CCN(C3CCCC3)CC1)OCC2. The number of nitrogens with zero attached hydrogens (tertiary/aromatic N) is 1. The van der Waals surface area contributed by atoms with E-state index >= 15 is 0 Å². The van der Waals surface area contributed by atoms with Crippen LogP contribution in [0, 0.1) is 0 Å². The maximum absolute atomic E-state index is 12.4. The number of aliphatic hydroxyl groups excluding tert-OH is 1. The normalized spacial score (nSPS) is 23.3. The highest BCUT2D eigenvalue weighted by atomic mass is 32.1. The van der Waals surface area contributed by atoms with Crippen molar-refractivity contribution < 1.29 is 14.6 Å². The molecule has 0 aromatic carbocycles. The number of thiophene rings is 1. The lowest BCUT2D eigenvalue weighted by Crippen LogP contribution is -2.48. The van der Waals surface area contributed by atoms with Gasteiger partial charge in [0.05, 0.1) is 11.5 Å². The Morgan fingerprint density at radius 1 is 1.35 bits per heavy atom. The van der Waals surface area contributed by atoms with Gasteiger partial charge in [-0.2, -0.15) is 0 Å². The van der Waals surface area contributed by atoms with Crippen LogP contribution in [-0.4, -0.2) is 54.8 Å². The number of ether oxygens (including phenoxy) is 1. The molecule has 2 N–H and O–H groups in total. The van der Waals surface area contributed by atoms with Gasteiger partial charge in [-0.15, -0.1) is 11.3 Å². The number of likely N-dealkylation sites (tertiary alicyclic amines) is 1. The average molecular weight is 379 g/mol. The molecule has 0 unspecified atom stereocenters. The summed E-state index contributed by atoms with van der Waals surface area (Å²) in [7, 11) is 0. The Morgan fingerprint density at radius 3 is 2.85 bits per heavy atom. The van der Waals surface area contributed by atoms with E-state index < -0.39 is 0 Å². The second-order valence-electron chi connectivity index (χ2n) is 7.87. The van der Waals surface area contributed by atoms with E-state index in [1.54, 1.807) is 11.3 Å². The number of amides is 1. The first-order valence-corrected chi connectivity index (χ1v) is 10.9. The molecule has 6 heteroatoms. The molecule has 1 aromatic rings. The van der Waals surface area contributed by atoms with Gasteiger partial charge in [-0.05, 0) is 50.2 Å². The predicted molar refractivity (Wildman–Crippen MR) is 103 cm³/mol. The van der Waals surface area contributed by atoms with Crippen molar-refractivity contribution in [1.82, 2.24) is 10.2 Å². The van der Waals surface area contributed by atoms with Crippen molar-refractivity contribution in [1.29, 1.82) is 0 Å². The lowest BCUT2D eigenvalue weighted by molar-refractivity contribution is -0.0996. The number of hydrogen-bond donors (Lipinski definition) is 2. The van der Waals surface area contributed by atoms with Gasteiger partial charge in [0.1, 0.15) is 5.60 Å². The largest absolute Gasteiger partial charge is 0.396 e. The zero-order valence-corrected chi connectivity index (χ0v) is 16.3. The Kier molecular flexibility index (Phi) is 5.64. The zero-order valence-electron chi connectivity index (χ0n) is 15.5. The van der Waals surface area contributed by atoms with Gasteiger partial charge in [0.25, 0.3) is 5.91 Å². The van der Waals surface area contributed by atoms with E-state index in [0.717, 1.165) is 49.9 Å². The molecule has 1 spiro atoms. The summed E-state index contributed by atoms with van der Waals surface area (Å²) in [6.45, 7) is 3.62. The summed E-state index contributed by atoms with van der Waals surface area (Å²) >= 11 is 1.62. The molecule has 1 saturated carbocycles. The lowest BCUT2D eigenvalue weighted by atomic mass is 9.84. The molecule has 144 valence electrons. The van der Waals surface area contributed by atoms with Crippen LogP contribution in [0.4, 0.5) is 0 Å². The number of carbonyl (C=O) groups is 1. The zero-order chi connectivity index (χ0) is 18.0. The number of piperidine rings is 1. The molecule has 1 saturated heterocycles. The summed E-state index contributed by atoms with van der Waals surface area (Å²) in [5.41, 5.74) is 1.14. The molecule has 0 atom stereocenters. The van der Waals surface area contributed by atoms with E-state index in [9.17, 15) is 4.79 Å². The molecule has 1 aromatic heterocycles. The van der Waals surface area contributed by atoms with Crippen molar-refractivity contribution in [3.8, 4) is 0 Å². The van der Waals surface area contributed by atoms with Crippen molar-refractivity contribution in [3.63, 3.8) is 0 Å². The van der Waals surface area contributed by atoms with Gasteiger partial charge in [-0.25, -0.2) is 0 Å². The molecule has 0 bridgehead atoms. The summed E-state index contributed by atoms with van der Waals surface area (Å²) in [6, 6.07) is 2.86. The summed E-state index contributed by atoms with van der Waals surface area (Å²) in [5, 5.41) is 11.8. The smallest absolute Gasteiger partial charge is 0.261 e. The Balaban J connectivity index is 1.46. The minimum atomic E-state index is -0.170.